The van der Waals surface area contributed by atoms with Gasteiger partial charge in [-0.3, -0.25) is 14.6 Å². The Morgan fingerprint density at radius 3 is 2.91 bits per heavy atom. The van der Waals surface area contributed by atoms with E-state index in [1.165, 1.54) is 18.2 Å². The molecule has 1 aromatic carbocycles. The average Bonchev–Trinajstić information content (AvgIpc) is 2.49. The molecule has 1 amide bonds. The van der Waals surface area contributed by atoms with Crippen molar-refractivity contribution in [1.82, 2.24) is 20.6 Å². The Labute approximate surface area is 132 Å². The molecule has 1 heterocycles. The summed E-state index contributed by atoms with van der Waals surface area (Å²) >= 11 is 5.78. The third-order valence-electron chi connectivity index (χ3n) is 2.51. The van der Waals surface area contributed by atoms with E-state index >= 15 is 0 Å². The normalized spacial score (nSPS) is 10.7. The second-order valence-corrected chi connectivity index (χ2v) is 4.54. The summed E-state index contributed by atoms with van der Waals surface area (Å²) in [5, 5.41) is 11.5. The molecule has 23 heavy (non-hydrogen) atoms. The van der Waals surface area contributed by atoms with Crippen molar-refractivity contribution < 1.29 is 9.18 Å². The smallest absolute Gasteiger partial charge is 0.342 e. The number of amides is 1. The first-order valence-corrected chi connectivity index (χ1v) is 6.54. The highest BCUT2D eigenvalue weighted by atomic mass is 35.5. The molecule has 0 bridgehead atoms. The number of halogens is 2. The third kappa shape index (κ3) is 4.48. The monoisotopic (exact) mass is 340 g/mol. The summed E-state index contributed by atoms with van der Waals surface area (Å²) in [6.07, 6.45) is 1.06. The Morgan fingerprint density at radius 1 is 1.43 bits per heavy atom. The van der Waals surface area contributed by atoms with Crippen molar-refractivity contribution in [2.45, 2.75) is 0 Å². The lowest BCUT2D eigenvalue weighted by Crippen LogP contribution is -2.31. The molecule has 0 aliphatic rings. The molecule has 0 radical (unpaired) electrons. The van der Waals surface area contributed by atoms with E-state index in [0.29, 0.717) is 0 Å². The van der Waals surface area contributed by atoms with Crippen LogP contribution in [-0.4, -0.2) is 33.8 Å². The first kappa shape index (κ1) is 16.4. The molecule has 0 atom stereocenters. The fraction of sp³-hybridized carbons (Fsp3) is 0.0833. The van der Waals surface area contributed by atoms with Crippen LogP contribution in [0, 0.1) is 5.82 Å². The Hall–Kier alpha value is -3.01. The van der Waals surface area contributed by atoms with Gasteiger partial charge in [-0.1, -0.05) is 17.7 Å². The number of nitrogens with one attached hydrogen (secondary N) is 4. The van der Waals surface area contributed by atoms with E-state index in [1.807, 2.05) is 10.1 Å². The van der Waals surface area contributed by atoms with Crippen molar-refractivity contribution >= 4 is 29.5 Å². The van der Waals surface area contributed by atoms with Gasteiger partial charge in [0.05, 0.1) is 17.8 Å². The van der Waals surface area contributed by atoms with Crippen molar-refractivity contribution in [1.29, 1.82) is 0 Å². The maximum atomic E-state index is 13.4. The number of nitrogens with zero attached hydrogens (tertiary/aromatic N) is 2. The molecule has 120 valence electrons. The first-order chi connectivity index (χ1) is 11.0. The van der Waals surface area contributed by atoms with Gasteiger partial charge in [-0.2, -0.15) is 5.10 Å². The largest absolute Gasteiger partial charge is 0.355 e. The van der Waals surface area contributed by atoms with E-state index in [9.17, 15) is 18.8 Å². The van der Waals surface area contributed by atoms with Crippen molar-refractivity contribution in [3.05, 3.63) is 55.4 Å². The molecule has 0 fully saturated rings. The van der Waals surface area contributed by atoms with Gasteiger partial charge >= 0.3 is 5.69 Å². The highest BCUT2D eigenvalue weighted by Crippen LogP contribution is 2.16. The molecule has 2 rings (SSSR count). The Kier molecular flexibility index (Phi) is 5.20. The van der Waals surface area contributed by atoms with Gasteiger partial charge in [0.15, 0.2) is 0 Å². The summed E-state index contributed by atoms with van der Waals surface area (Å²) in [6, 6.07) is 4.11. The molecule has 9 nitrogen and oxygen atoms in total. The van der Waals surface area contributed by atoms with E-state index in [2.05, 4.69) is 20.9 Å². The summed E-state index contributed by atoms with van der Waals surface area (Å²) in [5.74, 6) is -1.44. The van der Waals surface area contributed by atoms with Crippen LogP contribution in [-0.2, 0) is 4.79 Å². The first-order valence-electron chi connectivity index (χ1n) is 6.16. The van der Waals surface area contributed by atoms with Crippen LogP contribution >= 0.6 is 11.6 Å². The van der Waals surface area contributed by atoms with E-state index < -0.39 is 23.0 Å². The molecule has 0 spiro atoms. The maximum absolute atomic E-state index is 13.4. The number of aromatic nitrogens is 3. The quantitative estimate of drug-likeness (QED) is 0.442. The zero-order valence-corrected chi connectivity index (χ0v) is 12.1. The summed E-state index contributed by atoms with van der Waals surface area (Å²) in [5.41, 5.74) is 0.604. The molecule has 2 aromatic rings. The van der Waals surface area contributed by atoms with Crippen LogP contribution in [0.4, 0.5) is 10.2 Å². The predicted octanol–water partition coefficient (Wildman–Crippen LogP) is -0.187. The molecule has 11 heteroatoms. The Morgan fingerprint density at radius 2 is 2.22 bits per heavy atom. The van der Waals surface area contributed by atoms with Crippen LogP contribution in [0.1, 0.15) is 5.56 Å². The number of aromatic amines is 2. The SMILES string of the molecule is O=C(CNc1n[nH]c(=O)[nH]c1=O)N/N=C\c1c(F)cccc1Cl. The number of rotatable bonds is 5. The number of anilines is 1. The molecule has 4 N–H and O–H groups in total. The highest BCUT2D eigenvalue weighted by Gasteiger charge is 2.06. The molecule has 0 unspecified atom stereocenters. The van der Waals surface area contributed by atoms with Crippen LogP contribution in [0.3, 0.4) is 0 Å². The minimum absolute atomic E-state index is 0.0289. The lowest BCUT2D eigenvalue weighted by molar-refractivity contribution is -0.119. The van der Waals surface area contributed by atoms with Gasteiger partial charge in [0.25, 0.3) is 11.5 Å². The number of hydrazone groups is 1. The molecular weight excluding hydrogens is 331 g/mol. The van der Waals surface area contributed by atoms with E-state index in [4.69, 9.17) is 11.6 Å². The number of hydrogen-bond acceptors (Lipinski definition) is 6. The van der Waals surface area contributed by atoms with Gasteiger partial charge in [-0.15, -0.1) is 5.10 Å². The minimum Gasteiger partial charge on any atom is -0.355 e. The molecule has 0 aliphatic carbocycles. The van der Waals surface area contributed by atoms with Gasteiger partial charge in [-0.05, 0) is 12.1 Å². The van der Waals surface area contributed by atoms with Crippen molar-refractivity contribution in [3.63, 3.8) is 0 Å². The molecule has 1 aromatic heterocycles. The fourth-order valence-corrected chi connectivity index (χ4v) is 1.69. The Bertz CT molecular complexity index is 842. The second kappa shape index (κ2) is 7.31. The summed E-state index contributed by atoms with van der Waals surface area (Å²) < 4.78 is 13.4. The van der Waals surface area contributed by atoms with Gasteiger partial charge < -0.3 is 5.32 Å². The summed E-state index contributed by atoms with van der Waals surface area (Å²) in [7, 11) is 0. The average molecular weight is 341 g/mol. The summed E-state index contributed by atoms with van der Waals surface area (Å²) in [4.78, 5) is 35.5. The van der Waals surface area contributed by atoms with Gasteiger partial charge in [0.1, 0.15) is 5.82 Å². The number of hydrogen-bond donors (Lipinski definition) is 4. The second-order valence-electron chi connectivity index (χ2n) is 4.14. The molecule has 0 saturated heterocycles. The Balaban J connectivity index is 1.91. The van der Waals surface area contributed by atoms with E-state index in [-0.39, 0.29) is 22.9 Å². The molecular formula is C12H10ClFN6O3. The third-order valence-corrected chi connectivity index (χ3v) is 2.84. The highest BCUT2D eigenvalue weighted by molar-refractivity contribution is 6.33. The standard InChI is InChI=1S/C12H10ClFN6O3/c13-7-2-1-3-8(14)6(7)4-16-18-9(21)5-15-10-11(22)17-12(23)20-19-10/h1-4H,5H2,(H,15,19)(H,18,21)(H2,17,20,22,23)/b16-4-. The number of benzene rings is 1. The lowest BCUT2D eigenvalue weighted by Gasteiger charge is -2.03. The van der Waals surface area contributed by atoms with Gasteiger partial charge in [-0.25, -0.2) is 19.7 Å². The number of carbonyl (C=O) groups is 1. The van der Waals surface area contributed by atoms with Crippen molar-refractivity contribution in [2.24, 2.45) is 5.10 Å². The van der Waals surface area contributed by atoms with Crippen LogP contribution < -0.4 is 22.0 Å². The topological polar surface area (TPSA) is 132 Å². The van der Waals surface area contributed by atoms with E-state index in [1.54, 1.807) is 0 Å². The van der Waals surface area contributed by atoms with Crippen molar-refractivity contribution in [2.75, 3.05) is 11.9 Å². The van der Waals surface area contributed by atoms with Crippen LogP contribution in [0.25, 0.3) is 0 Å². The molecule has 0 saturated carbocycles. The van der Waals surface area contributed by atoms with Crippen molar-refractivity contribution in [3.8, 4) is 0 Å². The zero-order valence-electron chi connectivity index (χ0n) is 11.4. The minimum atomic E-state index is -0.775. The van der Waals surface area contributed by atoms with Gasteiger partial charge in [0, 0.05) is 5.56 Å². The van der Waals surface area contributed by atoms with Crippen LogP contribution in [0.2, 0.25) is 5.02 Å². The zero-order chi connectivity index (χ0) is 16.8. The number of carbonyl (C=O) groups excluding carboxylic acids is 1. The van der Waals surface area contributed by atoms with Gasteiger partial charge in [0.2, 0.25) is 5.82 Å². The summed E-state index contributed by atoms with van der Waals surface area (Å²) in [6.45, 7) is -0.343. The lowest BCUT2D eigenvalue weighted by atomic mass is 10.2. The molecule has 0 aliphatic heterocycles. The maximum Gasteiger partial charge on any atom is 0.342 e. The van der Waals surface area contributed by atoms with E-state index in [0.717, 1.165) is 6.21 Å². The fourth-order valence-electron chi connectivity index (χ4n) is 1.47. The van der Waals surface area contributed by atoms with Crippen LogP contribution in [0.15, 0.2) is 32.9 Å². The number of H-pyrrole nitrogens is 2. The van der Waals surface area contributed by atoms with Crippen LogP contribution in [0.5, 0.6) is 0 Å². The predicted molar refractivity (Wildman–Crippen MR) is 81.1 cm³/mol.